The van der Waals surface area contributed by atoms with Gasteiger partial charge in [0, 0.05) is 26.2 Å². The quantitative estimate of drug-likeness (QED) is 0.733. The molecule has 0 aromatic heterocycles. The van der Waals surface area contributed by atoms with Crippen molar-refractivity contribution in [1.29, 1.82) is 0 Å². The normalized spacial score (nSPS) is 18.4. The van der Waals surface area contributed by atoms with Crippen molar-refractivity contribution in [2.45, 2.75) is 26.1 Å². The number of nitrogens with zero attached hydrogens (tertiary/aromatic N) is 2. The third-order valence-corrected chi connectivity index (χ3v) is 2.69. The minimum Gasteiger partial charge on any atom is -0.447 e. The van der Waals surface area contributed by atoms with E-state index in [1.165, 1.54) is 23.6 Å². The molecule has 0 aromatic rings. The van der Waals surface area contributed by atoms with Crippen molar-refractivity contribution in [3.05, 3.63) is 0 Å². The molecule has 2 atom stereocenters. The fraction of sp³-hybridized carbons (Fsp3) is 0.833. The molecule has 1 aliphatic heterocycles. The molecule has 116 valence electrons. The highest BCUT2D eigenvalue weighted by molar-refractivity contribution is 5.70. The molecule has 1 saturated heterocycles. The predicted octanol–water partition coefficient (Wildman–Crippen LogP) is -0.361. The highest BCUT2D eigenvalue weighted by Gasteiger charge is 2.26. The summed E-state index contributed by atoms with van der Waals surface area (Å²) in [6.45, 7) is 4.37. The summed E-state index contributed by atoms with van der Waals surface area (Å²) in [7, 11) is 0. The van der Waals surface area contributed by atoms with Crippen LogP contribution in [0.5, 0.6) is 0 Å². The minimum atomic E-state index is -0.698. The van der Waals surface area contributed by atoms with Crippen LogP contribution in [0.15, 0.2) is 0 Å². The molecule has 0 radical (unpaired) electrons. The van der Waals surface area contributed by atoms with Crippen LogP contribution in [0.3, 0.4) is 0 Å². The molecule has 1 rings (SSSR count). The minimum absolute atomic E-state index is 0.0462. The highest BCUT2D eigenvalue weighted by atomic mass is 16.6. The van der Waals surface area contributed by atoms with Gasteiger partial charge in [-0.05, 0) is 13.8 Å². The maximum Gasteiger partial charge on any atom is 0.409 e. The summed E-state index contributed by atoms with van der Waals surface area (Å²) in [4.78, 5) is 26.2. The molecule has 8 heteroatoms. The number of carbonyl (C=O) groups excluding carboxylic acids is 2. The van der Waals surface area contributed by atoms with Gasteiger partial charge in [-0.3, -0.25) is 0 Å². The average Bonchev–Trinajstić information content (AvgIpc) is 2.42. The van der Waals surface area contributed by atoms with E-state index in [0.717, 1.165) is 0 Å². The van der Waals surface area contributed by atoms with E-state index in [4.69, 9.17) is 19.7 Å². The summed E-state index contributed by atoms with van der Waals surface area (Å²) in [5.41, 5.74) is 0. The molecule has 1 heterocycles. The molecular weight excluding hydrogens is 268 g/mol. The third kappa shape index (κ3) is 5.62. The number of rotatable bonds is 4. The van der Waals surface area contributed by atoms with E-state index in [0.29, 0.717) is 26.2 Å². The van der Waals surface area contributed by atoms with E-state index in [-0.39, 0.29) is 13.2 Å². The molecule has 0 aliphatic carbocycles. The molecule has 0 saturated carbocycles. The summed E-state index contributed by atoms with van der Waals surface area (Å²) in [6, 6.07) is 0. The van der Waals surface area contributed by atoms with Gasteiger partial charge in [-0.2, -0.15) is 0 Å². The van der Waals surface area contributed by atoms with E-state index in [9.17, 15) is 9.59 Å². The van der Waals surface area contributed by atoms with E-state index < -0.39 is 24.4 Å². The van der Waals surface area contributed by atoms with Crippen molar-refractivity contribution >= 4 is 12.2 Å². The Morgan fingerprint density at radius 1 is 0.900 bits per heavy atom. The van der Waals surface area contributed by atoms with Crippen molar-refractivity contribution in [2.75, 3.05) is 39.4 Å². The highest BCUT2D eigenvalue weighted by Crippen LogP contribution is 2.06. The van der Waals surface area contributed by atoms with Gasteiger partial charge in [0.25, 0.3) is 0 Å². The Bertz CT molecular complexity index is 294. The van der Waals surface area contributed by atoms with Crippen LogP contribution < -0.4 is 0 Å². The first-order valence-corrected chi connectivity index (χ1v) is 6.59. The zero-order valence-corrected chi connectivity index (χ0v) is 11.8. The number of aliphatic hydroxyl groups is 2. The molecule has 8 nitrogen and oxygen atoms in total. The van der Waals surface area contributed by atoms with Gasteiger partial charge in [-0.1, -0.05) is 0 Å². The second-order valence-electron chi connectivity index (χ2n) is 4.83. The average molecular weight is 290 g/mol. The molecule has 1 aliphatic rings. The number of hydrogen-bond acceptors (Lipinski definition) is 6. The van der Waals surface area contributed by atoms with Crippen molar-refractivity contribution in [1.82, 2.24) is 9.80 Å². The lowest BCUT2D eigenvalue weighted by atomic mass is 10.3. The molecule has 20 heavy (non-hydrogen) atoms. The molecule has 2 N–H and O–H groups in total. The van der Waals surface area contributed by atoms with Gasteiger partial charge in [0.2, 0.25) is 0 Å². The summed E-state index contributed by atoms with van der Waals surface area (Å²) < 4.78 is 9.77. The van der Waals surface area contributed by atoms with Crippen LogP contribution in [0.4, 0.5) is 9.59 Å². The molecule has 0 aromatic carbocycles. The number of ether oxygens (including phenoxy) is 2. The number of hydrogen-bond donors (Lipinski definition) is 2. The van der Waals surface area contributed by atoms with Crippen molar-refractivity contribution in [2.24, 2.45) is 0 Å². The lowest BCUT2D eigenvalue weighted by Crippen LogP contribution is -2.51. The second-order valence-corrected chi connectivity index (χ2v) is 4.83. The van der Waals surface area contributed by atoms with Crippen LogP contribution in [0.25, 0.3) is 0 Å². The Labute approximate surface area is 117 Å². The van der Waals surface area contributed by atoms with Crippen LogP contribution in [-0.2, 0) is 9.47 Å². The molecule has 0 bridgehead atoms. The monoisotopic (exact) mass is 290 g/mol. The van der Waals surface area contributed by atoms with Gasteiger partial charge < -0.3 is 29.5 Å². The lowest BCUT2D eigenvalue weighted by Gasteiger charge is -2.33. The molecule has 0 spiro atoms. The number of carbonyl (C=O) groups is 2. The van der Waals surface area contributed by atoms with E-state index in [1.807, 2.05) is 0 Å². The van der Waals surface area contributed by atoms with E-state index in [2.05, 4.69) is 0 Å². The maximum absolute atomic E-state index is 11.6. The first-order chi connectivity index (χ1) is 9.40. The Balaban J connectivity index is 2.28. The Morgan fingerprint density at radius 2 is 1.20 bits per heavy atom. The van der Waals surface area contributed by atoms with Gasteiger partial charge in [-0.25, -0.2) is 9.59 Å². The molecule has 2 unspecified atom stereocenters. The van der Waals surface area contributed by atoms with Crippen LogP contribution in [0.1, 0.15) is 13.8 Å². The van der Waals surface area contributed by atoms with Gasteiger partial charge in [0.05, 0.1) is 12.2 Å². The third-order valence-electron chi connectivity index (χ3n) is 2.69. The van der Waals surface area contributed by atoms with E-state index in [1.54, 1.807) is 0 Å². The lowest BCUT2D eigenvalue weighted by molar-refractivity contribution is 0.0299. The SMILES string of the molecule is CC(O)COC(=O)N1CCN(C(=O)OCC(C)O)CC1. The van der Waals surface area contributed by atoms with E-state index >= 15 is 0 Å². The Hall–Kier alpha value is -1.54. The van der Waals surface area contributed by atoms with Gasteiger partial charge >= 0.3 is 12.2 Å². The summed E-state index contributed by atoms with van der Waals surface area (Å²) in [6.07, 6.45) is -2.39. The standard InChI is InChI=1S/C12H22N2O6/c1-9(15)7-19-11(17)13-3-5-14(6-4-13)12(18)20-8-10(2)16/h9-10,15-16H,3-8H2,1-2H3. The largest absolute Gasteiger partial charge is 0.447 e. The van der Waals surface area contributed by atoms with Crippen molar-refractivity contribution < 1.29 is 29.3 Å². The van der Waals surface area contributed by atoms with Crippen LogP contribution in [0.2, 0.25) is 0 Å². The topological polar surface area (TPSA) is 99.5 Å². The number of piperazine rings is 1. The van der Waals surface area contributed by atoms with Crippen LogP contribution in [-0.4, -0.2) is 83.8 Å². The smallest absolute Gasteiger partial charge is 0.409 e. The Kier molecular flexibility index (Phi) is 6.53. The van der Waals surface area contributed by atoms with Gasteiger partial charge in [-0.15, -0.1) is 0 Å². The number of aliphatic hydroxyl groups excluding tert-OH is 2. The van der Waals surface area contributed by atoms with Crippen molar-refractivity contribution in [3.63, 3.8) is 0 Å². The predicted molar refractivity (Wildman–Crippen MR) is 69.2 cm³/mol. The summed E-state index contributed by atoms with van der Waals surface area (Å²) in [5, 5.41) is 18.1. The first kappa shape index (κ1) is 16.5. The molecule has 1 fully saturated rings. The maximum atomic E-state index is 11.6. The second kappa shape index (κ2) is 7.91. The zero-order valence-electron chi connectivity index (χ0n) is 11.8. The fourth-order valence-electron chi connectivity index (χ4n) is 1.64. The summed E-state index contributed by atoms with van der Waals surface area (Å²) in [5.74, 6) is 0. The molecular formula is C12H22N2O6. The van der Waals surface area contributed by atoms with Crippen molar-refractivity contribution in [3.8, 4) is 0 Å². The zero-order chi connectivity index (χ0) is 15.1. The van der Waals surface area contributed by atoms with Gasteiger partial charge in [0.15, 0.2) is 0 Å². The van der Waals surface area contributed by atoms with Gasteiger partial charge in [0.1, 0.15) is 13.2 Å². The number of amides is 2. The fourth-order valence-corrected chi connectivity index (χ4v) is 1.64. The molecule has 2 amide bonds. The Morgan fingerprint density at radius 3 is 1.45 bits per heavy atom. The first-order valence-electron chi connectivity index (χ1n) is 6.59. The van der Waals surface area contributed by atoms with Crippen LogP contribution >= 0.6 is 0 Å². The van der Waals surface area contributed by atoms with Crippen LogP contribution in [0, 0.1) is 0 Å². The summed E-state index contributed by atoms with van der Waals surface area (Å²) >= 11 is 0.